The fraction of sp³-hybridized carbons (Fsp3) is 0.857. The predicted molar refractivity (Wildman–Crippen MR) is 39.4 cm³/mol. The van der Waals surface area contributed by atoms with Gasteiger partial charge in [-0.2, -0.15) is 0 Å². The monoisotopic (exact) mass is 145 g/mol. The number of esters is 1. The third-order valence-corrected chi connectivity index (χ3v) is 1.80. The summed E-state index contributed by atoms with van der Waals surface area (Å²) in [5.74, 6) is -0.0691. The largest absolute Gasteiger partial charge is 0.469 e. The highest BCUT2D eigenvalue weighted by molar-refractivity contribution is 5.72. The van der Waals surface area contributed by atoms with Crippen LogP contribution in [0.3, 0.4) is 0 Å². The lowest BCUT2D eigenvalue weighted by Gasteiger charge is -2.14. The van der Waals surface area contributed by atoms with E-state index < -0.39 is 0 Å². The highest BCUT2D eigenvalue weighted by Crippen LogP contribution is 2.09. The van der Waals surface area contributed by atoms with Crippen LogP contribution in [0.15, 0.2) is 0 Å². The van der Waals surface area contributed by atoms with Crippen molar-refractivity contribution in [1.82, 2.24) is 0 Å². The smallest absolute Gasteiger partial charge is 0.308 e. The summed E-state index contributed by atoms with van der Waals surface area (Å²) in [6.45, 7) is 4.28. The van der Waals surface area contributed by atoms with E-state index >= 15 is 0 Å². The Kier molecular flexibility index (Phi) is 4.03. The zero-order valence-corrected chi connectivity index (χ0v) is 6.76. The SMILES string of the molecule is COC(=O)[C@@H](C)[C@H](C)CN. The molecule has 60 valence electrons. The molecule has 2 atom stereocenters. The van der Waals surface area contributed by atoms with E-state index in [1.54, 1.807) is 0 Å². The summed E-state index contributed by atoms with van der Waals surface area (Å²) in [4.78, 5) is 10.8. The Bertz CT molecular complexity index is 114. The van der Waals surface area contributed by atoms with Crippen LogP contribution in [0, 0.1) is 11.8 Å². The molecule has 0 aromatic rings. The lowest BCUT2D eigenvalue weighted by molar-refractivity contribution is -0.146. The van der Waals surface area contributed by atoms with Crippen molar-refractivity contribution in [3.05, 3.63) is 0 Å². The quantitative estimate of drug-likeness (QED) is 0.584. The van der Waals surface area contributed by atoms with Gasteiger partial charge >= 0.3 is 5.97 Å². The number of methoxy groups -OCH3 is 1. The molecule has 0 aliphatic rings. The molecule has 0 fully saturated rings. The lowest BCUT2D eigenvalue weighted by atomic mass is 9.97. The van der Waals surface area contributed by atoms with Crippen LogP contribution in [0.25, 0.3) is 0 Å². The van der Waals surface area contributed by atoms with Crippen LogP contribution >= 0.6 is 0 Å². The van der Waals surface area contributed by atoms with Gasteiger partial charge in [0.05, 0.1) is 13.0 Å². The molecule has 0 amide bonds. The molecule has 2 N–H and O–H groups in total. The molecule has 0 spiro atoms. The third-order valence-electron chi connectivity index (χ3n) is 1.80. The van der Waals surface area contributed by atoms with E-state index in [-0.39, 0.29) is 17.8 Å². The Balaban J connectivity index is 3.81. The van der Waals surface area contributed by atoms with Gasteiger partial charge in [-0.3, -0.25) is 4.79 Å². The summed E-state index contributed by atoms with van der Waals surface area (Å²) >= 11 is 0. The fourth-order valence-corrected chi connectivity index (χ4v) is 0.622. The van der Waals surface area contributed by atoms with E-state index in [0.29, 0.717) is 6.54 Å². The molecule has 0 aliphatic heterocycles. The Morgan fingerprint density at radius 1 is 1.60 bits per heavy atom. The maximum atomic E-state index is 10.8. The minimum Gasteiger partial charge on any atom is -0.469 e. The molecular formula is C7H15NO2. The molecule has 0 aromatic carbocycles. The number of ether oxygens (including phenoxy) is 1. The van der Waals surface area contributed by atoms with E-state index in [9.17, 15) is 4.79 Å². The van der Waals surface area contributed by atoms with Crippen molar-refractivity contribution in [3.8, 4) is 0 Å². The van der Waals surface area contributed by atoms with Crippen LogP contribution in [0.2, 0.25) is 0 Å². The molecule has 0 bridgehead atoms. The van der Waals surface area contributed by atoms with Crippen LogP contribution in [0.5, 0.6) is 0 Å². The van der Waals surface area contributed by atoms with E-state index in [1.165, 1.54) is 7.11 Å². The highest BCUT2D eigenvalue weighted by Gasteiger charge is 2.18. The zero-order chi connectivity index (χ0) is 8.15. The van der Waals surface area contributed by atoms with Gasteiger partial charge in [0.1, 0.15) is 0 Å². The number of hydrogen-bond acceptors (Lipinski definition) is 3. The Labute approximate surface area is 61.5 Å². The number of nitrogens with two attached hydrogens (primary N) is 1. The number of carbonyl (C=O) groups is 1. The summed E-state index contributed by atoms with van der Waals surface area (Å²) in [7, 11) is 1.39. The molecule has 0 rings (SSSR count). The zero-order valence-electron chi connectivity index (χ0n) is 6.76. The predicted octanol–water partition coefficient (Wildman–Crippen LogP) is 0.390. The molecule has 0 saturated carbocycles. The van der Waals surface area contributed by atoms with Gasteiger partial charge in [0.15, 0.2) is 0 Å². The van der Waals surface area contributed by atoms with Gasteiger partial charge in [-0.25, -0.2) is 0 Å². The molecule has 0 saturated heterocycles. The van der Waals surface area contributed by atoms with Gasteiger partial charge in [-0.05, 0) is 12.5 Å². The highest BCUT2D eigenvalue weighted by atomic mass is 16.5. The van der Waals surface area contributed by atoms with E-state index in [1.807, 2.05) is 13.8 Å². The first-order valence-electron chi connectivity index (χ1n) is 3.41. The van der Waals surface area contributed by atoms with Crippen LogP contribution < -0.4 is 5.73 Å². The van der Waals surface area contributed by atoms with Crippen molar-refractivity contribution in [2.45, 2.75) is 13.8 Å². The van der Waals surface area contributed by atoms with E-state index in [2.05, 4.69) is 4.74 Å². The standard InChI is InChI=1S/C7H15NO2/c1-5(4-8)6(2)7(9)10-3/h5-6H,4,8H2,1-3H3/t5-,6+/m1/s1. The van der Waals surface area contributed by atoms with Gasteiger partial charge in [0.2, 0.25) is 0 Å². The van der Waals surface area contributed by atoms with E-state index in [4.69, 9.17) is 5.73 Å². The molecular weight excluding hydrogens is 130 g/mol. The first-order chi connectivity index (χ1) is 4.63. The maximum absolute atomic E-state index is 10.8. The van der Waals surface area contributed by atoms with Gasteiger partial charge in [-0.15, -0.1) is 0 Å². The third kappa shape index (κ3) is 2.35. The minimum absolute atomic E-state index is 0.0880. The molecule has 0 heterocycles. The Morgan fingerprint density at radius 2 is 2.10 bits per heavy atom. The maximum Gasteiger partial charge on any atom is 0.308 e. The molecule has 3 heteroatoms. The second kappa shape index (κ2) is 4.28. The molecule has 10 heavy (non-hydrogen) atoms. The summed E-state index contributed by atoms with van der Waals surface area (Å²) in [5.41, 5.74) is 5.36. The molecule has 0 unspecified atom stereocenters. The van der Waals surface area contributed by atoms with E-state index in [0.717, 1.165) is 0 Å². The normalized spacial score (nSPS) is 16.0. The van der Waals surface area contributed by atoms with Gasteiger partial charge in [0.25, 0.3) is 0 Å². The van der Waals surface area contributed by atoms with Crippen molar-refractivity contribution in [1.29, 1.82) is 0 Å². The first-order valence-corrected chi connectivity index (χ1v) is 3.41. The molecule has 0 aromatic heterocycles. The van der Waals surface area contributed by atoms with Crippen molar-refractivity contribution in [2.24, 2.45) is 17.6 Å². The van der Waals surface area contributed by atoms with Crippen molar-refractivity contribution in [2.75, 3.05) is 13.7 Å². The second-order valence-corrected chi connectivity index (χ2v) is 2.52. The summed E-state index contributed by atoms with van der Waals surface area (Å²) in [6, 6.07) is 0. The molecule has 0 radical (unpaired) electrons. The molecule has 3 nitrogen and oxygen atoms in total. The van der Waals surface area contributed by atoms with Gasteiger partial charge in [-0.1, -0.05) is 13.8 Å². The summed E-state index contributed by atoms with van der Waals surface area (Å²) < 4.78 is 4.54. The fourth-order valence-electron chi connectivity index (χ4n) is 0.622. The first kappa shape index (κ1) is 9.43. The number of hydrogen-bond donors (Lipinski definition) is 1. The van der Waals surface area contributed by atoms with Crippen LogP contribution in [-0.4, -0.2) is 19.6 Å². The summed E-state index contributed by atoms with van der Waals surface area (Å²) in [6.07, 6.45) is 0. The van der Waals surface area contributed by atoms with Crippen LogP contribution in [0.1, 0.15) is 13.8 Å². The van der Waals surface area contributed by atoms with Crippen molar-refractivity contribution in [3.63, 3.8) is 0 Å². The van der Waals surface area contributed by atoms with Crippen LogP contribution in [0.4, 0.5) is 0 Å². The Morgan fingerprint density at radius 3 is 2.40 bits per heavy atom. The van der Waals surface area contributed by atoms with Gasteiger partial charge < -0.3 is 10.5 Å². The average molecular weight is 145 g/mol. The summed E-state index contributed by atoms with van der Waals surface area (Å²) in [5, 5.41) is 0. The van der Waals surface area contributed by atoms with Crippen molar-refractivity contribution < 1.29 is 9.53 Å². The number of rotatable bonds is 3. The topological polar surface area (TPSA) is 52.3 Å². The molecule has 0 aliphatic carbocycles. The minimum atomic E-state index is -0.182. The second-order valence-electron chi connectivity index (χ2n) is 2.52. The number of carbonyl (C=O) groups excluding carboxylic acids is 1. The van der Waals surface area contributed by atoms with Gasteiger partial charge in [0, 0.05) is 0 Å². The lowest BCUT2D eigenvalue weighted by Crippen LogP contribution is -2.25. The van der Waals surface area contributed by atoms with Crippen LogP contribution in [-0.2, 0) is 9.53 Å². The Hall–Kier alpha value is -0.570. The average Bonchev–Trinajstić information content (AvgIpc) is 2.00. The van der Waals surface area contributed by atoms with Crippen molar-refractivity contribution >= 4 is 5.97 Å².